The third-order valence-electron chi connectivity index (χ3n) is 1.86. The van der Waals surface area contributed by atoms with E-state index in [1.54, 1.807) is 6.92 Å². The Kier molecular flexibility index (Phi) is 3.15. The summed E-state index contributed by atoms with van der Waals surface area (Å²) in [5, 5.41) is 3.45. The van der Waals surface area contributed by atoms with E-state index < -0.39 is 11.9 Å². The Bertz CT molecular complexity index is 303. The molecule has 1 heterocycles. The molecule has 6 heteroatoms. The lowest BCUT2D eigenvalue weighted by Crippen LogP contribution is -2.14. The number of halogens is 3. The Labute approximate surface area is 79.7 Å². The first-order chi connectivity index (χ1) is 6.49. The molecule has 0 bridgehead atoms. The zero-order valence-corrected chi connectivity index (χ0v) is 7.80. The summed E-state index contributed by atoms with van der Waals surface area (Å²) in [5.41, 5.74) is 4.97. The second kappa shape index (κ2) is 4.00. The van der Waals surface area contributed by atoms with Crippen LogP contribution >= 0.6 is 0 Å². The SMILES string of the molecule is CCc1cc(C(F)(F)F)nn1CCN. The number of hydrogen-bond donors (Lipinski definition) is 1. The van der Waals surface area contributed by atoms with Crippen molar-refractivity contribution in [2.45, 2.75) is 26.1 Å². The van der Waals surface area contributed by atoms with E-state index in [4.69, 9.17) is 5.73 Å². The van der Waals surface area contributed by atoms with E-state index in [1.807, 2.05) is 0 Å². The van der Waals surface area contributed by atoms with Crippen molar-refractivity contribution in [1.29, 1.82) is 0 Å². The number of nitrogens with two attached hydrogens (primary N) is 1. The summed E-state index contributed by atoms with van der Waals surface area (Å²) < 4.78 is 38.1. The predicted molar refractivity (Wildman–Crippen MR) is 45.7 cm³/mol. The Morgan fingerprint density at radius 1 is 1.50 bits per heavy atom. The number of nitrogens with zero attached hydrogens (tertiary/aromatic N) is 2. The molecule has 0 aliphatic heterocycles. The highest BCUT2D eigenvalue weighted by Gasteiger charge is 2.34. The Morgan fingerprint density at radius 2 is 2.14 bits per heavy atom. The Morgan fingerprint density at radius 3 is 2.57 bits per heavy atom. The van der Waals surface area contributed by atoms with Crippen molar-refractivity contribution >= 4 is 0 Å². The number of rotatable bonds is 3. The van der Waals surface area contributed by atoms with Gasteiger partial charge in [0, 0.05) is 12.2 Å². The maximum atomic E-state index is 12.3. The van der Waals surface area contributed by atoms with Gasteiger partial charge in [-0.2, -0.15) is 18.3 Å². The number of alkyl halides is 3. The third-order valence-corrected chi connectivity index (χ3v) is 1.86. The molecule has 0 saturated heterocycles. The maximum Gasteiger partial charge on any atom is 0.435 e. The van der Waals surface area contributed by atoms with Crippen LogP contribution in [-0.2, 0) is 19.1 Å². The van der Waals surface area contributed by atoms with Crippen LogP contribution in [0.2, 0.25) is 0 Å². The topological polar surface area (TPSA) is 43.8 Å². The minimum Gasteiger partial charge on any atom is -0.329 e. The van der Waals surface area contributed by atoms with Crippen LogP contribution < -0.4 is 5.73 Å². The standard InChI is InChI=1S/C8H12F3N3/c1-2-6-5-7(8(9,10)11)13-14(6)4-3-12/h5H,2-4,12H2,1H3. The maximum absolute atomic E-state index is 12.3. The van der Waals surface area contributed by atoms with Gasteiger partial charge in [-0.25, -0.2) is 0 Å². The van der Waals surface area contributed by atoms with Gasteiger partial charge in [-0.05, 0) is 12.5 Å². The van der Waals surface area contributed by atoms with Crippen molar-refractivity contribution < 1.29 is 13.2 Å². The molecule has 0 saturated carbocycles. The van der Waals surface area contributed by atoms with Gasteiger partial charge < -0.3 is 5.73 Å². The first-order valence-corrected chi connectivity index (χ1v) is 4.33. The summed E-state index contributed by atoms with van der Waals surface area (Å²) in [7, 11) is 0. The molecule has 0 aromatic carbocycles. The van der Waals surface area contributed by atoms with Crippen LogP contribution in [0.3, 0.4) is 0 Å². The molecule has 0 unspecified atom stereocenters. The lowest BCUT2D eigenvalue weighted by atomic mass is 10.3. The average molecular weight is 207 g/mol. The molecule has 0 atom stereocenters. The van der Waals surface area contributed by atoms with Gasteiger partial charge in [0.25, 0.3) is 0 Å². The van der Waals surface area contributed by atoms with E-state index in [1.165, 1.54) is 4.68 Å². The van der Waals surface area contributed by atoms with Gasteiger partial charge in [0.05, 0.1) is 6.54 Å². The molecule has 3 nitrogen and oxygen atoms in total. The molecule has 14 heavy (non-hydrogen) atoms. The van der Waals surface area contributed by atoms with Gasteiger partial charge in [0.15, 0.2) is 5.69 Å². The zero-order chi connectivity index (χ0) is 10.8. The molecule has 1 aromatic rings. The minimum absolute atomic E-state index is 0.284. The molecule has 0 aliphatic carbocycles. The molecular weight excluding hydrogens is 195 g/mol. The number of aromatic nitrogens is 2. The first kappa shape index (κ1) is 11.0. The van der Waals surface area contributed by atoms with E-state index in [0.717, 1.165) is 6.07 Å². The van der Waals surface area contributed by atoms with Crippen LogP contribution in [0.1, 0.15) is 18.3 Å². The highest BCUT2D eigenvalue weighted by Crippen LogP contribution is 2.28. The Hall–Kier alpha value is -1.04. The fourth-order valence-electron chi connectivity index (χ4n) is 1.19. The number of aryl methyl sites for hydroxylation is 1. The van der Waals surface area contributed by atoms with Gasteiger partial charge >= 0.3 is 6.18 Å². The summed E-state index contributed by atoms with van der Waals surface area (Å²) in [6, 6.07) is 1.07. The quantitative estimate of drug-likeness (QED) is 0.814. The van der Waals surface area contributed by atoms with E-state index >= 15 is 0 Å². The number of hydrogen-bond acceptors (Lipinski definition) is 2. The average Bonchev–Trinajstić information content (AvgIpc) is 2.47. The van der Waals surface area contributed by atoms with Crippen molar-refractivity contribution in [3.05, 3.63) is 17.5 Å². The minimum atomic E-state index is -4.37. The van der Waals surface area contributed by atoms with Crippen LogP contribution in [0.5, 0.6) is 0 Å². The van der Waals surface area contributed by atoms with E-state index in [0.29, 0.717) is 18.7 Å². The summed E-state index contributed by atoms with van der Waals surface area (Å²) in [4.78, 5) is 0. The molecule has 1 aromatic heterocycles. The monoisotopic (exact) mass is 207 g/mol. The second-order valence-corrected chi connectivity index (χ2v) is 2.88. The van der Waals surface area contributed by atoms with E-state index in [2.05, 4.69) is 5.10 Å². The molecule has 1 rings (SSSR count). The highest BCUT2D eigenvalue weighted by atomic mass is 19.4. The normalized spacial score (nSPS) is 12.1. The molecule has 0 fully saturated rings. The zero-order valence-electron chi connectivity index (χ0n) is 7.80. The van der Waals surface area contributed by atoms with Crippen LogP contribution in [0.15, 0.2) is 6.07 Å². The molecule has 0 radical (unpaired) electrons. The molecule has 0 amide bonds. The van der Waals surface area contributed by atoms with Gasteiger partial charge in [0.1, 0.15) is 0 Å². The van der Waals surface area contributed by atoms with Crippen LogP contribution in [-0.4, -0.2) is 16.3 Å². The summed E-state index contributed by atoms with van der Waals surface area (Å²) >= 11 is 0. The second-order valence-electron chi connectivity index (χ2n) is 2.88. The lowest BCUT2D eigenvalue weighted by Gasteiger charge is -2.02. The molecule has 2 N–H and O–H groups in total. The van der Waals surface area contributed by atoms with Gasteiger partial charge in [-0.15, -0.1) is 0 Å². The van der Waals surface area contributed by atoms with Gasteiger partial charge in [0.2, 0.25) is 0 Å². The van der Waals surface area contributed by atoms with Crippen molar-refractivity contribution in [3.63, 3.8) is 0 Å². The summed E-state index contributed by atoms with van der Waals surface area (Å²) in [6.07, 6.45) is -3.85. The van der Waals surface area contributed by atoms with E-state index in [-0.39, 0.29) is 6.54 Å². The molecule has 0 spiro atoms. The molecule has 0 aliphatic rings. The largest absolute Gasteiger partial charge is 0.435 e. The molecule has 80 valence electrons. The fraction of sp³-hybridized carbons (Fsp3) is 0.625. The fourth-order valence-corrected chi connectivity index (χ4v) is 1.19. The Balaban J connectivity index is 3.00. The predicted octanol–water partition coefficient (Wildman–Crippen LogP) is 1.42. The van der Waals surface area contributed by atoms with E-state index in [9.17, 15) is 13.2 Å². The van der Waals surface area contributed by atoms with Gasteiger partial charge in [-0.1, -0.05) is 6.92 Å². The highest BCUT2D eigenvalue weighted by molar-refractivity contribution is 5.13. The molecular formula is C8H12F3N3. The van der Waals surface area contributed by atoms with Crippen molar-refractivity contribution in [2.75, 3.05) is 6.54 Å². The first-order valence-electron chi connectivity index (χ1n) is 4.33. The summed E-state index contributed by atoms with van der Waals surface area (Å²) in [5.74, 6) is 0. The summed E-state index contributed by atoms with van der Waals surface area (Å²) in [6.45, 7) is 2.38. The van der Waals surface area contributed by atoms with Crippen LogP contribution in [0.25, 0.3) is 0 Å². The lowest BCUT2D eigenvalue weighted by molar-refractivity contribution is -0.141. The van der Waals surface area contributed by atoms with Crippen LogP contribution in [0.4, 0.5) is 13.2 Å². The van der Waals surface area contributed by atoms with Gasteiger partial charge in [-0.3, -0.25) is 4.68 Å². The van der Waals surface area contributed by atoms with Crippen molar-refractivity contribution in [3.8, 4) is 0 Å². The van der Waals surface area contributed by atoms with Crippen molar-refractivity contribution in [2.24, 2.45) is 5.73 Å². The smallest absolute Gasteiger partial charge is 0.329 e. The van der Waals surface area contributed by atoms with Crippen LogP contribution in [0, 0.1) is 0 Å². The van der Waals surface area contributed by atoms with Crippen molar-refractivity contribution in [1.82, 2.24) is 9.78 Å². The third kappa shape index (κ3) is 2.25.